The molecule has 1 amide bonds. The van der Waals surface area contributed by atoms with Gasteiger partial charge in [0.1, 0.15) is 12.4 Å². The third-order valence-electron chi connectivity index (χ3n) is 4.20. The minimum Gasteiger partial charge on any atom is -0.322 e. The highest BCUT2D eigenvalue weighted by molar-refractivity contribution is 9.10. The Morgan fingerprint density at radius 2 is 1.80 bits per heavy atom. The van der Waals surface area contributed by atoms with E-state index >= 15 is 0 Å². The van der Waals surface area contributed by atoms with Crippen LogP contribution in [-0.4, -0.2) is 20.9 Å². The molecule has 3 aromatic rings. The maximum absolute atomic E-state index is 14.1. The molecule has 156 valence electrons. The van der Waals surface area contributed by atoms with E-state index in [4.69, 9.17) is 11.6 Å². The molecule has 30 heavy (non-hydrogen) atoms. The van der Waals surface area contributed by atoms with Crippen LogP contribution in [0.4, 0.5) is 15.8 Å². The van der Waals surface area contributed by atoms with Crippen molar-refractivity contribution in [1.82, 2.24) is 0 Å². The van der Waals surface area contributed by atoms with Crippen LogP contribution in [0.1, 0.15) is 5.56 Å². The van der Waals surface area contributed by atoms with Crippen molar-refractivity contribution in [3.05, 3.63) is 87.6 Å². The van der Waals surface area contributed by atoms with E-state index in [1.165, 1.54) is 36.4 Å². The number of hydrogen-bond donors (Lipinski definition) is 1. The quantitative estimate of drug-likeness (QED) is 0.483. The molecule has 0 heterocycles. The molecule has 0 saturated heterocycles. The van der Waals surface area contributed by atoms with Gasteiger partial charge in [-0.3, -0.25) is 9.10 Å². The van der Waals surface area contributed by atoms with E-state index in [1.54, 1.807) is 30.3 Å². The van der Waals surface area contributed by atoms with Crippen molar-refractivity contribution in [1.29, 1.82) is 0 Å². The standard InChI is InChI=1S/C21H17BrClFN2O3S/c1-14-5-8-18(9-6-14)30(28,29)26(17-4-2-3-16(23)12-17)13-21(27)25-20-10-7-15(22)11-19(20)24/h2-12H,13H2,1H3,(H,25,27). The van der Waals surface area contributed by atoms with Gasteiger partial charge >= 0.3 is 0 Å². The molecule has 1 N–H and O–H groups in total. The van der Waals surface area contributed by atoms with Gasteiger partial charge in [0.25, 0.3) is 10.0 Å². The van der Waals surface area contributed by atoms with Crippen molar-refractivity contribution >= 4 is 54.8 Å². The number of aryl methyl sites for hydroxylation is 1. The second-order valence-corrected chi connectivity index (χ2v) is 9.69. The largest absolute Gasteiger partial charge is 0.322 e. The van der Waals surface area contributed by atoms with Gasteiger partial charge in [-0.1, -0.05) is 51.3 Å². The molecule has 9 heteroatoms. The molecule has 0 aliphatic carbocycles. The summed E-state index contributed by atoms with van der Waals surface area (Å²) in [4.78, 5) is 12.6. The van der Waals surface area contributed by atoms with Crippen molar-refractivity contribution in [2.24, 2.45) is 0 Å². The molecule has 0 aromatic heterocycles. The Morgan fingerprint density at radius 3 is 2.43 bits per heavy atom. The number of anilines is 2. The normalized spacial score (nSPS) is 11.2. The lowest BCUT2D eigenvalue weighted by Gasteiger charge is -2.24. The van der Waals surface area contributed by atoms with Gasteiger partial charge in [-0.15, -0.1) is 0 Å². The average molecular weight is 512 g/mol. The van der Waals surface area contributed by atoms with E-state index in [-0.39, 0.29) is 16.3 Å². The number of sulfonamides is 1. The van der Waals surface area contributed by atoms with Gasteiger partial charge < -0.3 is 5.32 Å². The first kappa shape index (κ1) is 22.3. The van der Waals surface area contributed by atoms with Crippen molar-refractivity contribution in [2.75, 3.05) is 16.2 Å². The molecule has 3 rings (SSSR count). The van der Waals surface area contributed by atoms with Crippen molar-refractivity contribution in [3.63, 3.8) is 0 Å². The molecule has 0 radical (unpaired) electrons. The molecule has 0 aliphatic rings. The van der Waals surface area contributed by atoms with Gasteiger partial charge in [-0.2, -0.15) is 0 Å². The number of benzene rings is 3. The number of hydrogen-bond acceptors (Lipinski definition) is 3. The average Bonchev–Trinajstić information content (AvgIpc) is 2.68. The minimum atomic E-state index is -4.08. The van der Waals surface area contributed by atoms with Crippen LogP contribution in [-0.2, 0) is 14.8 Å². The lowest BCUT2D eigenvalue weighted by Crippen LogP contribution is -2.38. The number of halogens is 3. The van der Waals surface area contributed by atoms with E-state index in [2.05, 4.69) is 21.2 Å². The summed E-state index contributed by atoms with van der Waals surface area (Å²) in [6, 6.07) is 16.6. The zero-order chi connectivity index (χ0) is 21.9. The molecule has 3 aromatic carbocycles. The van der Waals surface area contributed by atoms with Crippen LogP contribution in [0.15, 0.2) is 76.1 Å². The maximum Gasteiger partial charge on any atom is 0.264 e. The number of rotatable bonds is 6. The second kappa shape index (κ2) is 9.16. The summed E-state index contributed by atoms with van der Waals surface area (Å²) in [6.45, 7) is 1.28. The van der Waals surface area contributed by atoms with E-state index in [0.29, 0.717) is 9.50 Å². The molecule has 0 bridgehead atoms. The van der Waals surface area contributed by atoms with Gasteiger partial charge in [-0.05, 0) is 55.5 Å². The molecule has 0 fully saturated rings. The Kier molecular flexibility index (Phi) is 6.80. The molecule has 0 aliphatic heterocycles. The van der Waals surface area contributed by atoms with Crippen LogP contribution in [0.25, 0.3) is 0 Å². The highest BCUT2D eigenvalue weighted by atomic mass is 79.9. The minimum absolute atomic E-state index is 0.0238. The second-order valence-electron chi connectivity index (χ2n) is 6.48. The number of nitrogens with one attached hydrogen (secondary N) is 1. The molecule has 5 nitrogen and oxygen atoms in total. The third kappa shape index (κ3) is 5.19. The summed E-state index contributed by atoms with van der Waals surface area (Å²) in [5.74, 6) is -1.35. The fourth-order valence-corrected chi connectivity index (χ4v) is 4.63. The summed E-state index contributed by atoms with van der Waals surface area (Å²) in [6.07, 6.45) is 0. The van der Waals surface area contributed by atoms with E-state index < -0.39 is 28.3 Å². The smallest absolute Gasteiger partial charge is 0.264 e. The number of amides is 1. The molecule has 0 unspecified atom stereocenters. The Morgan fingerprint density at radius 1 is 1.10 bits per heavy atom. The molecule has 0 spiro atoms. The van der Waals surface area contributed by atoms with Crippen molar-refractivity contribution in [3.8, 4) is 0 Å². The van der Waals surface area contributed by atoms with Gasteiger partial charge in [0.2, 0.25) is 5.91 Å². The van der Waals surface area contributed by atoms with Gasteiger partial charge in [0.15, 0.2) is 0 Å². The predicted molar refractivity (Wildman–Crippen MR) is 120 cm³/mol. The Labute approximate surface area is 187 Å². The van der Waals surface area contributed by atoms with E-state index in [9.17, 15) is 17.6 Å². The first-order chi connectivity index (χ1) is 14.2. The molecule has 0 atom stereocenters. The fourth-order valence-electron chi connectivity index (χ4n) is 2.69. The molecular formula is C21H17BrClFN2O3S. The van der Waals surface area contributed by atoms with Gasteiger partial charge in [0.05, 0.1) is 16.3 Å². The number of nitrogens with zero attached hydrogens (tertiary/aromatic N) is 1. The predicted octanol–water partition coefficient (Wildman–Crippen LogP) is 5.38. The zero-order valence-electron chi connectivity index (χ0n) is 15.8. The maximum atomic E-state index is 14.1. The number of carbonyl (C=O) groups is 1. The molecule has 0 saturated carbocycles. The zero-order valence-corrected chi connectivity index (χ0v) is 18.9. The fraction of sp³-hybridized carbons (Fsp3) is 0.0952. The van der Waals surface area contributed by atoms with Crippen molar-refractivity contribution in [2.45, 2.75) is 11.8 Å². The summed E-state index contributed by atoms with van der Waals surface area (Å²) in [7, 11) is -4.08. The topological polar surface area (TPSA) is 66.5 Å². The van der Waals surface area contributed by atoms with E-state index in [0.717, 1.165) is 9.87 Å². The van der Waals surface area contributed by atoms with Crippen LogP contribution in [0.3, 0.4) is 0 Å². The van der Waals surface area contributed by atoms with Crippen LogP contribution in [0, 0.1) is 12.7 Å². The summed E-state index contributed by atoms with van der Waals surface area (Å²) in [5, 5.41) is 2.73. The van der Waals surface area contributed by atoms with Crippen LogP contribution in [0.2, 0.25) is 5.02 Å². The Balaban J connectivity index is 1.95. The van der Waals surface area contributed by atoms with Crippen molar-refractivity contribution < 1.29 is 17.6 Å². The SMILES string of the molecule is Cc1ccc(S(=O)(=O)N(CC(=O)Nc2ccc(Br)cc2F)c2cccc(Cl)c2)cc1. The van der Waals surface area contributed by atoms with Crippen LogP contribution in [0.5, 0.6) is 0 Å². The lowest BCUT2D eigenvalue weighted by atomic mass is 10.2. The number of carbonyl (C=O) groups excluding carboxylic acids is 1. The molecular weight excluding hydrogens is 495 g/mol. The summed E-state index contributed by atoms with van der Waals surface area (Å²) in [5.41, 5.74) is 1.06. The van der Waals surface area contributed by atoms with Crippen LogP contribution < -0.4 is 9.62 Å². The highest BCUT2D eigenvalue weighted by Gasteiger charge is 2.27. The monoisotopic (exact) mass is 510 g/mol. The Hall–Kier alpha value is -2.42. The summed E-state index contributed by atoms with van der Waals surface area (Å²) < 4.78 is 42.1. The first-order valence-electron chi connectivity index (χ1n) is 8.77. The first-order valence-corrected chi connectivity index (χ1v) is 11.4. The highest BCUT2D eigenvalue weighted by Crippen LogP contribution is 2.27. The Bertz CT molecular complexity index is 1190. The van der Waals surface area contributed by atoms with Gasteiger partial charge in [0, 0.05) is 9.50 Å². The third-order valence-corrected chi connectivity index (χ3v) is 6.71. The summed E-state index contributed by atoms with van der Waals surface area (Å²) >= 11 is 9.18. The van der Waals surface area contributed by atoms with E-state index in [1.807, 2.05) is 6.92 Å². The lowest BCUT2D eigenvalue weighted by molar-refractivity contribution is -0.114. The van der Waals surface area contributed by atoms with Crippen LogP contribution >= 0.6 is 27.5 Å². The van der Waals surface area contributed by atoms with Gasteiger partial charge in [-0.25, -0.2) is 12.8 Å².